The van der Waals surface area contributed by atoms with E-state index in [2.05, 4.69) is 9.88 Å². The molecule has 3 aromatic carbocycles. The molecule has 4 aromatic rings. The third kappa shape index (κ3) is 4.90. The number of esters is 1. The molecule has 0 spiro atoms. The number of aromatic amines is 1. The average molecular weight is 511 g/mol. The lowest BCUT2D eigenvalue weighted by Gasteiger charge is -2.27. The molecule has 194 valence electrons. The largest absolute Gasteiger partial charge is 0.494 e. The summed E-state index contributed by atoms with van der Waals surface area (Å²) in [5.41, 5.74) is 4.45. The van der Waals surface area contributed by atoms with E-state index in [9.17, 15) is 14.7 Å². The van der Waals surface area contributed by atoms with E-state index in [4.69, 9.17) is 9.73 Å². The Kier molecular flexibility index (Phi) is 6.98. The van der Waals surface area contributed by atoms with Crippen LogP contribution in [0, 0.1) is 0 Å². The minimum atomic E-state index is -0.455. The van der Waals surface area contributed by atoms with Gasteiger partial charge in [0, 0.05) is 35.1 Å². The molecular weight excluding hydrogens is 480 g/mol. The second-order valence-corrected chi connectivity index (χ2v) is 9.66. The molecule has 2 N–H and O–H groups in total. The van der Waals surface area contributed by atoms with Crippen LogP contribution in [0.5, 0.6) is 5.88 Å². The average Bonchev–Trinajstić information content (AvgIpc) is 3.44. The SMILES string of the molecule is COC(=O)c1ccc2c(C(=Nc3ccc(N4C(=O)CCC4CN(C)C)cc3)c3ccccc3)c(O)[nH]c2c1. The number of fused-ring (bicyclic) bond motifs is 1. The van der Waals surface area contributed by atoms with Gasteiger partial charge in [0.05, 0.1) is 35.7 Å². The van der Waals surface area contributed by atoms with Crippen molar-refractivity contribution >= 4 is 39.9 Å². The van der Waals surface area contributed by atoms with Gasteiger partial charge in [-0.3, -0.25) is 4.79 Å². The third-order valence-corrected chi connectivity index (χ3v) is 6.75. The summed E-state index contributed by atoms with van der Waals surface area (Å²) in [5.74, 6) is -0.368. The number of amides is 1. The van der Waals surface area contributed by atoms with Gasteiger partial charge in [0.2, 0.25) is 5.91 Å². The molecule has 8 nitrogen and oxygen atoms in total. The molecule has 0 saturated carbocycles. The van der Waals surface area contributed by atoms with Crippen LogP contribution >= 0.6 is 0 Å². The van der Waals surface area contributed by atoms with Gasteiger partial charge in [-0.2, -0.15) is 0 Å². The van der Waals surface area contributed by atoms with Crippen LogP contribution in [0.1, 0.15) is 34.3 Å². The molecule has 1 aliphatic heterocycles. The zero-order valence-electron chi connectivity index (χ0n) is 21.6. The summed E-state index contributed by atoms with van der Waals surface area (Å²) >= 11 is 0. The number of benzene rings is 3. The lowest BCUT2D eigenvalue weighted by molar-refractivity contribution is -0.117. The number of anilines is 1. The Hall–Kier alpha value is -4.43. The summed E-state index contributed by atoms with van der Waals surface area (Å²) in [6.45, 7) is 0.807. The third-order valence-electron chi connectivity index (χ3n) is 6.75. The number of ether oxygens (including phenoxy) is 1. The minimum absolute atomic E-state index is 0.0459. The zero-order chi connectivity index (χ0) is 26.8. The van der Waals surface area contributed by atoms with Gasteiger partial charge in [0.1, 0.15) is 0 Å². The molecule has 8 heteroatoms. The van der Waals surface area contributed by atoms with Gasteiger partial charge in [0.15, 0.2) is 5.88 Å². The second kappa shape index (κ2) is 10.5. The smallest absolute Gasteiger partial charge is 0.337 e. The number of aliphatic imine (C=N–C) groups is 1. The molecular formula is C30H30N4O4. The fourth-order valence-electron chi connectivity index (χ4n) is 5.04. The van der Waals surface area contributed by atoms with E-state index in [-0.39, 0.29) is 17.8 Å². The Balaban J connectivity index is 1.56. The first kappa shape index (κ1) is 25.2. The molecule has 1 amide bonds. The Morgan fingerprint density at radius 2 is 1.82 bits per heavy atom. The highest BCUT2D eigenvalue weighted by molar-refractivity contribution is 6.22. The lowest BCUT2D eigenvalue weighted by atomic mass is 10.00. The van der Waals surface area contributed by atoms with Crippen molar-refractivity contribution in [2.75, 3.05) is 32.6 Å². The molecule has 1 saturated heterocycles. The zero-order valence-corrected chi connectivity index (χ0v) is 21.6. The standard InChI is InChI=1S/C30H30N4O4/c1-33(2)18-23-14-16-26(35)34(23)22-12-10-21(11-13-22)31-28(19-7-5-4-6-8-19)27-24-15-9-20(30(37)38-3)17-25(24)32-29(27)36/h4-13,15,17,23,32,36H,14,16,18H2,1-3H3. The molecule has 0 radical (unpaired) electrons. The van der Waals surface area contributed by atoms with E-state index in [0.717, 1.165) is 29.6 Å². The van der Waals surface area contributed by atoms with Crippen molar-refractivity contribution in [1.29, 1.82) is 0 Å². The summed E-state index contributed by atoms with van der Waals surface area (Å²) in [4.78, 5) is 36.5. The molecule has 0 aliphatic carbocycles. The molecule has 2 heterocycles. The van der Waals surface area contributed by atoms with Crippen LogP contribution in [0.3, 0.4) is 0 Å². The van der Waals surface area contributed by atoms with Crippen LogP contribution < -0.4 is 4.90 Å². The minimum Gasteiger partial charge on any atom is -0.494 e. The Labute approximate surface area is 221 Å². The van der Waals surface area contributed by atoms with Gasteiger partial charge >= 0.3 is 5.97 Å². The van der Waals surface area contributed by atoms with Gasteiger partial charge in [0.25, 0.3) is 0 Å². The van der Waals surface area contributed by atoms with Crippen LogP contribution in [0.4, 0.5) is 11.4 Å². The fourth-order valence-corrected chi connectivity index (χ4v) is 5.04. The van der Waals surface area contributed by atoms with E-state index in [1.807, 2.05) is 73.6 Å². The number of nitrogens with zero attached hydrogens (tertiary/aromatic N) is 3. The summed E-state index contributed by atoms with van der Waals surface area (Å²) < 4.78 is 4.83. The molecule has 1 atom stereocenters. The normalized spacial score (nSPS) is 16.0. The first-order valence-corrected chi connectivity index (χ1v) is 12.5. The molecule has 1 unspecified atom stereocenters. The number of hydrogen-bond acceptors (Lipinski definition) is 6. The quantitative estimate of drug-likeness (QED) is 0.273. The molecule has 1 aliphatic rings. The number of methoxy groups -OCH3 is 1. The van der Waals surface area contributed by atoms with Crippen molar-refractivity contribution in [3.05, 3.63) is 89.5 Å². The lowest BCUT2D eigenvalue weighted by Crippen LogP contribution is -2.39. The van der Waals surface area contributed by atoms with Gasteiger partial charge in [-0.15, -0.1) is 0 Å². The number of carbonyl (C=O) groups excluding carboxylic acids is 2. The van der Waals surface area contributed by atoms with E-state index in [1.54, 1.807) is 18.2 Å². The first-order chi connectivity index (χ1) is 18.4. The number of aromatic hydroxyl groups is 1. The highest BCUT2D eigenvalue weighted by atomic mass is 16.5. The summed E-state index contributed by atoms with van der Waals surface area (Å²) in [7, 11) is 5.36. The van der Waals surface area contributed by atoms with Gasteiger partial charge in [-0.25, -0.2) is 9.79 Å². The Bertz CT molecular complexity index is 1510. The van der Waals surface area contributed by atoms with E-state index in [1.165, 1.54) is 7.11 Å². The highest BCUT2D eigenvalue weighted by Gasteiger charge is 2.32. The van der Waals surface area contributed by atoms with Crippen LogP contribution in [-0.2, 0) is 9.53 Å². The number of H-pyrrole nitrogens is 1. The second-order valence-electron chi connectivity index (χ2n) is 9.66. The molecule has 1 aromatic heterocycles. The number of likely N-dealkylation sites (N-methyl/N-ethyl adjacent to an activating group) is 1. The topological polar surface area (TPSA) is 98.2 Å². The number of hydrogen-bond donors (Lipinski definition) is 2. The van der Waals surface area contributed by atoms with Crippen LogP contribution in [0.2, 0.25) is 0 Å². The maximum Gasteiger partial charge on any atom is 0.337 e. The Morgan fingerprint density at radius 3 is 2.50 bits per heavy atom. The summed E-state index contributed by atoms with van der Waals surface area (Å²) in [6.07, 6.45) is 1.39. The molecule has 5 rings (SSSR count). The number of carbonyl (C=O) groups is 2. The maximum atomic E-state index is 12.6. The van der Waals surface area contributed by atoms with E-state index in [0.29, 0.717) is 34.5 Å². The van der Waals surface area contributed by atoms with Crippen molar-refractivity contribution in [3.8, 4) is 5.88 Å². The van der Waals surface area contributed by atoms with Gasteiger partial charge in [-0.05, 0) is 56.9 Å². The highest BCUT2D eigenvalue weighted by Crippen LogP contribution is 2.33. The molecule has 0 bridgehead atoms. The van der Waals surface area contributed by atoms with Crippen molar-refractivity contribution < 1.29 is 19.4 Å². The summed E-state index contributed by atoms with van der Waals surface area (Å²) in [5, 5.41) is 11.7. The van der Waals surface area contributed by atoms with Gasteiger partial charge < -0.3 is 24.6 Å². The predicted octanol–water partition coefficient (Wildman–Crippen LogP) is 4.89. The van der Waals surface area contributed by atoms with Crippen molar-refractivity contribution in [1.82, 2.24) is 9.88 Å². The van der Waals surface area contributed by atoms with Crippen LogP contribution in [-0.4, -0.2) is 66.4 Å². The predicted molar refractivity (Wildman–Crippen MR) is 149 cm³/mol. The van der Waals surface area contributed by atoms with Gasteiger partial charge in [-0.1, -0.05) is 36.4 Å². The number of nitrogens with one attached hydrogen (secondary N) is 1. The monoisotopic (exact) mass is 510 g/mol. The van der Waals surface area contributed by atoms with Crippen LogP contribution in [0.25, 0.3) is 10.9 Å². The maximum absolute atomic E-state index is 12.6. The summed E-state index contributed by atoms with van der Waals surface area (Å²) in [6, 6.07) is 22.5. The molecule has 1 fully saturated rings. The Morgan fingerprint density at radius 1 is 1.08 bits per heavy atom. The van der Waals surface area contributed by atoms with Crippen molar-refractivity contribution in [3.63, 3.8) is 0 Å². The van der Waals surface area contributed by atoms with E-state index < -0.39 is 5.97 Å². The molecule has 38 heavy (non-hydrogen) atoms. The fraction of sp³-hybridized carbons (Fsp3) is 0.233. The van der Waals surface area contributed by atoms with Crippen molar-refractivity contribution in [2.24, 2.45) is 4.99 Å². The van der Waals surface area contributed by atoms with E-state index >= 15 is 0 Å². The number of aromatic nitrogens is 1. The number of rotatable bonds is 7. The van der Waals surface area contributed by atoms with Crippen molar-refractivity contribution in [2.45, 2.75) is 18.9 Å². The first-order valence-electron chi connectivity index (χ1n) is 12.5. The van der Waals surface area contributed by atoms with Crippen LogP contribution in [0.15, 0.2) is 77.8 Å².